The van der Waals surface area contributed by atoms with Gasteiger partial charge in [0, 0.05) is 24.7 Å². The van der Waals surface area contributed by atoms with Crippen molar-refractivity contribution in [3.05, 3.63) is 23.0 Å². The van der Waals surface area contributed by atoms with Crippen LogP contribution in [-0.4, -0.2) is 46.2 Å². The lowest BCUT2D eigenvalue weighted by Gasteiger charge is -2.35. The van der Waals surface area contributed by atoms with Gasteiger partial charge in [-0.25, -0.2) is 4.98 Å². The second-order valence-electron chi connectivity index (χ2n) is 6.78. The Hall–Kier alpha value is -1.95. The van der Waals surface area contributed by atoms with E-state index < -0.39 is 0 Å². The average molecular weight is 315 g/mol. The number of hydrogen-bond donors (Lipinski definition) is 0. The number of morpholine rings is 1. The number of aromatic nitrogens is 2. The van der Waals surface area contributed by atoms with Crippen molar-refractivity contribution in [2.75, 3.05) is 13.1 Å². The maximum absolute atomic E-state index is 13.1. The van der Waals surface area contributed by atoms with Gasteiger partial charge in [-0.3, -0.25) is 4.79 Å². The topological polar surface area (TPSA) is 68.5 Å². The van der Waals surface area contributed by atoms with E-state index in [1.807, 2.05) is 31.7 Å². The number of nitrogens with zero attached hydrogens (tertiary/aromatic N) is 3. The number of rotatable bonds is 2. The van der Waals surface area contributed by atoms with Gasteiger partial charge in [0.05, 0.1) is 28.9 Å². The first-order chi connectivity index (χ1) is 11.0. The Balaban J connectivity index is 1.77. The highest BCUT2D eigenvalue weighted by Gasteiger charge is 2.32. The monoisotopic (exact) mass is 315 g/mol. The molecule has 0 N–H and O–H groups in total. The van der Waals surface area contributed by atoms with Gasteiger partial charge < -0.3 is 14.2 Å². The molecule has 6 heteroatoms. The lowest BCUT2D eigenvalue weighted by atomic mass is 10.1. The zero-order valence-electron chi connectivity index (χ0n) is 13.7. The second kappa shape index (κ2) is 5.30. The van der Waals surface area contributed by atoms with Crippen LogP contribution < -0.4 is 0 Å². The lowest BCUT2D eigenvalue weighted by molar-refractivity contribution is -0.0585. The first kappa shape index (κ1) is 14.6. The van der Waals surface area contributed by atoms with E-state index in [-0.39, 0.29) is 18.1 Å². The van der Waals surface area contributed by atoms with E-state index in [9.17, 15) is 4.79 Å². The zero-order chi connectivity index (χ0) is 16.1. The molecule has 1 amide bonds. The van der Waals surface area contributed by atoms with Crippen molar-refractivity contribution in [3.8, 4) is 0 Å². The summed E-state index contributed by atoms with van der Waals surface area (Å²) in [4.78, 5) is 19.5. The molecule has 0 bridgehead atoms. The molecule has 2 aliphatic rings. The van der Waals surface area contributed by atoms with Gasteiger partial charge in [-0.05, 0) is 39.7 Å². The van der Waals surface area contributed by atoms with E-state index in [1.54, 1.807) is 0 Å². The molecule has 6 nitrogen and oxygen atoms in total. The number of aryl methyl sites for hydroxylation is 1. The van der Waals surface area contributed by atoms with Crippen LogP contribution in [0.2, 0.25) is 0 Å². The van der Waals surface area contributed by atoms with Crippen molar-refractivity contribution in [3.63, 3.8) is 0 Å². The molecule has 2 unspecified atom stereocenters. The Kier molecular flexibility index (Phi) is 3.37. The Labute approximate surface area is 134 Å². The molecule has 0 spiro atoms. The maximum atomic E-state index is 13.1. The fourth-order valence-electron chi connectivity index (χ4n) is 3.38. The van der Waals surface area contributed by atoms with Gasteiger partial charge in [0.1, 0.15) is 0 Å². The van der Waals surface area contributed by atoms with Crippen LogP contribution in [-0.2, 0) is 4.74 Å². The van der Waals surface area contributed by atoms with E-state index in [0.29, 0.717) is 36.0 Å². The Morgan fingerprint density at radius 3 is 2.61 bits per heavy atom. The first-order valence-corrected chi connectivity index (χ1v) is 8.24. The molecule has 0 aromatic carbocycles. The third-order valence-corrected chi connectivity index (χ3v) is 4.57. The summed E-state index contributed by atoms with van der Waals surface area (Å²) in [6, 6.07) is 1.94. The minimum absolute atomic E-state index is 0.0209. The van der Waals surface area contributed by atoms with Crippen LogP contribution in [0.5, 0.6) is 0 Å². The first-order valence-electron chi connectivity index (χ1n) is 8.24. The van der Waals surface area contributed by atoms with E-state index in [0.717, 1.165) is 23.9 Å². The van der Waals surface area contributed by atoms with Crippen LogP contribution in [0, 0.1) is 6.92 Å². The highest BCUT2D eigenvalue weighted by molar-refractivity contribution is 6.06. The lowest BCUT2D eigenvalue weighted by Crippen LogP contribution is -2.48. The normalized spacial score (nSPS) is 25.1. The largest absolute Gasteiger partial charge is 0.372 e. The van der Waals surface area contributed by atoms with Crippen LogP contribution in [0.1, 0.15) is 54.4 Å². The number of carbonyl (C=O) groups is 1. The van der Waals surface area contributed by atoms with Gasteiger partial charge in [0.2, 0.25) is 0 Å². The fourth-order valence-corrected chi connectivity index (χ4v) is 3.38. The number of carbonyl (C=O) groups excluding carboxylic acids is 1. The summed E-state index contributed by atoms with van der Waals surface area (Å²) >= 11 is 0. The van der Waals surface area contributed by atoms with E-state index in [4.69, 9.17) is 9.26 Å². The molecule has 122 valence electrons. The summed E-state index contributed by atoms with van der Waals surface area (Å²) in [5, 5.41) is 4.74. The summed E-state index contributed by atoms with van der Waals surface area (Å²) in [5.74, 6) is 0.478. The molecule has 3 heterocycles. The van der Waals surface area contributed by atoms with Crippen molar-refractivity contribution >= 4 is 17.0 Å². The minimum atomic E-state index is 0.0209. The fraction of sp³-hybridized carbons (Fsp3) is 0.588. The number of fused-ring (bicyclic) bond motifs is 1. The Morgan fingerprint density at radius 1 is 1.26 bits per heavy atom. The summed E-state index contributed by atoms with van der Waals surface area (Å²) < 4.78 is 11.1. The van der Waals surface area contributed by atoms with Gasteiger partial charge in [0.25, 0.3) is 11.6 Å². The minimum Gasteiger partial charge on any atom is -0.372 e. The molecule has 4 rings (SSSR count). The summed E-state index contributed by atoms with van der Waals surface area (Å²) in [5.41, 5.74) is 2.81. The van der Waals surface area contributed by atoms with Crippen LogP contribution in [0.25, 0.3) is 11.1 Å². The Bertz CT molecular complexity index is 756. The summed E-state index contributed by atoms with van der Waals surface area (Å²) in [7, 11) is 0. The molecule has 0 radical (unpaired) electrons. The quantitative estimate of drug-likeness (QED) is 0.852. The van der Waals surface area contributed by atoms with Gasteiger partial charge in [0.15, 0.2) is 0 Å². The van der Waals surface area contributed by atoms with E-state index in [2.05, 4.69) is 10.1 Å². The maximum Gasteiger partial charge on any atom is 0.259 e. The average Bonchev–Trinajstić information content (AvgIpc) is 3.29. The zero-order valence-corrected chi connectivity index (χ0v) is 13.7. The summed E-state index contributed by atoms with van der Waals surface area (Å²) in [6.45, 7) is 7.06. The highest BCUT2D eigenvalue weighted by atomic mass is 16.5. The predicted molar refractivity (Wildman–Crippen MR) is 84.4 cm³/mol. The van der Waals surface area contributed by atoms with Crippen molar-refractivity contribution in [2.24, 2.45) is 0 Å². The third kappa shape index (κ3) is 2.61. The number of amides is 1. The standard InChI is InChI=1S/C17H21N3O3/c1-9-7-20(8-10(2)22-9)17(21)13-6-14(12-4-5-12)18-16-15(13)11(3)19-23-16/h6,9-10,12H,4-5,7-8H2,1-3H3. The molecule has 2 atom stereocenters. The molecule has 1 saturated carbocycles. The molecule has 2 aromatic heterocycles. The van der Waals surface area contributed by atoms with Crippen LogP contribution in [0.15, 0.2) is 10.6 Å². The predicted octanol–water partition coefficient (Wildman–Crippen LogP) is 2.66. The van der Waals surface area contributed by atoms with Crippen LogP contribution in [0.4, 0.5) is 0 Å². The van der Waals surface area contributed by atoms with Crippen LogP contribution in [0.3, 0.4) is 0 Å². The highest BCUT2D eigenvalue weighted by Crippen LogP contribution is 2.40. The number of pyridine rings is 1. The van der Waals surface area contributed by atoms with Gasteiger partial charge >= 0.3 is 0 Å². The third-order valence-electron chi connectivity index (χ3n) is 4.57. The van der Waals surface area contributed by atoms with Gasteiger partial charge in [-0.1, -0.05) is 5.16 Å². The molecule has 2 fully saturated rings. The molecular formula is C17H21N3O3. The van der Waals surface area contributed by atoms with Crippen molar-refractivity contribution in [1.82, 2.24) is 15.0 Å². The molecule has 1 aliphatic carbocycles. The van der Waals surface area contributed by atoms with Gasteiger partial charge in [-0.2, -0.15) is 0 Å². The van der Waals surface area contributed by atoms with Crippen molar-refractivity contribution in [2.45, 2.75) is 51.7 Å². The van der Waals surface area contributed by atoms with E-state index in [1.165, 1.54) is 0 Å². The molecule has 23 heavy (non-hydrogen) atoms. The van der Waals surface area contributed by atoms with Crippen molar-refractivity contribution in [1.29, 1.82) is 0 Å². The molecule has 2 aromatic rings. The Morgan fingerprint density at radius 2 is 1.96 bits per heavy atom. The number of ether oxygens (including phenoxy) is 1. The molecular weight excluding hydrogens is 294 g/mol. The molecule has 1 saturated heterocycles. The van der Waals surface area contributed by atoms with E-state index >= 15 is 0 Å². The SMILES string of the molecule is Cc1noc2nc(C3CC3)cc(C(=O)N3CC(C)OC(C)C3)c12. The van der Waals surface area contributed by atoms with Crippen LogP contribution >= 0.6 is 0 Å². The van der Waals surface area contributed by atoms with Crippen molar-refractivity contribution < 1.29 is 14.1 Å². The van der Waals surface area contributed by atoms with Gasteiger partial charge in [-0.15, -0.1) is 0 Å². The smallest absolute Gasteiger partial charge is 0.259 e. The summed E-state index contributed by atoms with van der Waals surface area (Å²) in [6.07, 6.45) is 2.36. The molecule has 1 aliphatic heterocycles. The second-order valence-corrected chi connectivity index (χ2v) is 6.78. The number of hydrogen-bond acceptors (Lipinski definition) is 5.